The Morgan fingerprint density at radius 3 is 2.15 bits per heavy atom. The monoisotopic (exact) mass is 287 g/mol. The lowest BCUT2D eigenvalue weighted by atomic mass is 9.87. The summed E-state index contributed by atoms with van der Waals surface area (Å²) >= 11 is 6.05. The van der Waals surface area contributed by atoms with Crippen LogP contribution in [-0.4, -0.2) is 0 Å². The van der Waals surface area contributed by atoms with Crippen molar-refractivity contribution in [3.8, 4) is 0 Å². The molecule has 2 N–H and O–H groups in total. The first-order valence-corrected chi connectivity index (χ1v) is 7.35. The molecule has 1 atom stereocenters. The zero-order valence-electron chi connectivity index (χ0n) is 12.6. The van der Waals surface area contributed by atoms with Gasteiger partial charge in [-0.2, -0.15) is 0 Å². The Bertz CT molecular complexity index is 605. The van der Waals surface area contributed by atoms with Gasteiger partial charge in [-0.3, -0.25) is 0 Å². The first-order valence-electron chi connectivity index (χ1n) is 6.97. The van der Waals surface area contributed by atoms with Crippen LogP contribution < -0.4 is 5.73 Å². The van der Waals surface area contributed by atoms with Gasteiger partial charge in [0.1, 0.15) is 0 Å². The molecule has 106 valence electrons. The Morgan fingerprint density at radius 2 is 1.60 bits per heavy atom. The minimum Gasteiger partial charge on any atom is -0.324 e. The van der Waals surface area contributed by atoms with Crippen molar-refractivity contribution in [1.29, 1.82) is 0 Å². The predicted octanol–water partition coefficient (Wildman–Crippen LogP) is 4.82. The summed E-state index contributed by atoms with van der Waals surface area (Å²) in [4.78, 5) is 0. The van der Waals surface area contributed by atoms with Crippen molar-refractivity contribution < 1.29 is 0 Å². The Labute approximate surface area is 126 Å². The number of nitrogens with two attached hydrogens (primary N) is 1. The van der Waals surface area contributed by atoms with E-state index in [0.717, 1.165) is 11.4 Å². The lowest BCUT2D eigenvalue weighted by Crippen LogP contribution is -2.17. The average molecular weight is 288 g/mol. The number of hydrogen-bond acceptors (Lipinski definition) is 1. The van der Waals surface area contributed by atoms with Crippen molar-refractivity contribution in [2.24, 2.45) is 5.73 Å². The van der Waals surface area contributed by atoms with E-state index < -0.39 is 0 Å². The summed E-state index contributed by atoms with van der Waals surface area (Å²) in [6, 6.07) is 10.2. The fourth-order valence-corrected chi connectivity index (χ4v) is 3.04. The molecular weight excluding hydrogens is 266 g/mol. The second kappa shape index (κ2) is 5.99. The zero-order valence-corrected chi connectivity index (χ0v) is 13.4. The lowest BCUT2D eigenvalue weighted by Gasteiger charge is -2.21. The molecule has 1 unspecified atom stereocenters. The topological polar surface area (TPSA) is 26.0 Å². The summed E-state index contributed by atoms with van der Waals surface area (Å²) < 4.78 is 0. The number of aryl methyl sites for hydroxylation is 2. The average Bonchev–Trinajstić information content (AvgIpc) is 2.36. The summed E-state index contributed by atoms with van der Waals surface area (Å²) in [6.07, 6.45) is 0.811. The van der Waals surface area contributed by atoms with Crippen molar-refractivity contribution in [3.05, 3.63) is 68.7 Å². The molecule has 20 heavy (non-hydrogen) atoms. The second-order valence-corrected chi connectivity index (χ2v) is 6.05. The Kier molecular flexibility index (Phi) is 4.52. The third-order valence-corrected chi connectivity index (χ3v) is 4.37. The fraction of sp³-hybridized carbons (Fsp3) is 0.333. The van der Waals surface area contributed by atoms with Gasteiger partial charge in [0, 0.05) is 11.1 Å². The van der Waals surface area contributed by atoms with Gasteiger partial charge in [0.25, 0.3) is 0 Å². The summed E-state index contributed by atoms with van der Waals surface area (Å²) in [7, 11) is 0. The standard InChI is InChI=1S/C18H22ClN/c1-11-8-12(2)14(4)18(13(11)3)17(20)10-15-6-5-7-16(19)9-15/h5-9,17H,10,20H2,1-4H3. The molecule has 1 nitrogen and oxygen atoms in total. The highest BCUT2D eigenvalue weighted by Crippen LogP contribution is 2.28. The molecule has 2 aromatic rings. The Balaban J connectivity index is 2.37. The van der Waals surface area contributed by atoms with E-state index in [4.69, 9.17) is 17.3 Å². The maximum atomic E-state index is 6.47. The minimum atomic E-state index is 0.00654. The van der Waals surface area contributed by atoms with E-state index in [1.54, 1.807) is 0 Å². The zero-order chi connectivity index (χ0) is 14.9. The first-order chi connectivity index (χ1) is 9.40. The van der Waals surface area contributed by atoms with E-state index in [9.17, 15) is 0 Å². The van der Waals surface area contributed by atoms with E-state index in [0.29, 0.717) is 0 Å². The molecule has 0 saturated heterocycles. The smallest absolute Gasteiger partial charge is 0.0408 e. The molecule has 0 radical (unpaired) electrons. The number of hydrogen-bond donors (Lipinski definition) is 1. The molecule has 2 rings (SSSR count). The van der Waals surface area contributed by atoms with Gasteiger partial charge in [-0.25, -0.2) is 0 Å². The quantitative estimate of drug-likeness (QED) is 0.861. The van der Waals surface area contributed by atoms with Crippen molar-refractivity contribution >= 4 is 11.6 Å². The SMILES string of the molecule is Cc1cc(C)c(C)c(C(N)Cc2cccc(Cl)c2)c1C. The molecule has 2 heteroatoms. The largest absolute Gasteiger partial charge is 0.324 e. The highest BCUT2D eigenvalue weighted by atomic mass is 35.5. The molecule has 0 aliphatic rings. The van der Waals surface area contributed by atoms with Crippen LogP contribution in [-0.2, 0) is 6.42 Å². The van der Waals surface area contributed by atoms with Gasteiger partial charge in [-0.1, -0.05) is 29.8 Å². The minimum absolute atomic E-state index is 0.00654. The van der Waals surface area contributed by atoms with Crippen molar-refractivity contribution in [1.82, 2.24) is 0 Å². The van der Waals surface area contributed by atoms with Gasteiger partial charge in [0.2, 0.25) is 0 Å². The first kappa shape index (κ1) is 15.1. The van der Waals surface area contributed by atoms with Crippen LogP contribution in [0.25, 0.3) is 0 Å². The van der Waals surface area contributed by atoms with Crippen LogP contribution in [0, 0.1) is 27.7 Å². The van der Waals surface area contributed by atoms with E-state index in [1.165, 1.54) is 33.4 Å². The lowest BCUT2D eigenvalue weighted by molar-refractivity contribution is 0.708. The molecule has 0 fully saturated rings. The Hall–Kier alpha value is -1.31. The molecular formula is C18H22ClN. The van der Waals surface area contributed by atoms with Crippen molar-refractivity contribution in [2.45, 2.75) is 40.2 Å². The predicted molar refractivity (Wildman–Crippen MR) is 87.5 cm³/mol. The molecule has 2 aromatic carbocycles. The van der Waals surface area contributed by atoms with Gasteiger partial charge >= 0.3 is 0 Å². The van der Waals surface area contributed by atoms with Crippen molar-refractivity contribution in [3.63, 3.8) is 0 Å². The molecule has 0 bridgehead atoms. The normalized spacial score (nSPS) is 12.5. The van der Waals surface area contributed by atoms with Gasteiger partial charge < -0.3 is 5.73 Å². The van der Waals surface area contributed by atoms with Gasteiger partial charge in [-0.15, -0.1) is 0 Å². The molecule has 0 saturated carbocycles. The van der Waals surface area contributed by atoms with E-state index >= 15 is 0 Å². The highest BCUT2D eigenvalue weighted by Gasteiger charge is 2.15. The van der Waals surface area contributed by atoms with Crippen LogP contribution in [0.2, 0.25) is 5.02 Å². The highest BCUT2D eigenvalue weighted by molar-refractivity contribution is 6.30. The maximum absolute atomic E-state index is 6.47. The third kappa shape index (κ3) is 3.05. The maximum Gasteiger partial charge on any atom is 0.0408 e. The van der Waals surface area contributed by atoms with Crippen LogP contribution in [0.4, 0.5) is 0 Å². The molecule has 0 spiro atoms. The van der Waals surface area contributed by atoms with Gasteiger partial charge in [0.05, 0.1) is 0 Å². The van der Waals surface area contributed by atoms with Gasteiger partial charge in [0.15, 0.2) is 0 Å². The molecule has 0 amide bonds. The van der Waals surface area contributed by atoms with Gasteiger partial charge in [-0.05, 0) is 79.6 Å². The van der Waals surface area contributed by atoms with E-state index in [1.807, 2.05) is 18.2 Å². The number of halogens is 1. The van der Waals surface area contributed by atoms with Crippen LogP contribution in [0.3, 0.4) is 0 Å². The van der Waals surface area contributed by atoms with E-state index in [-0.39, 0.29) is 6.04 Å². The summed E-state index contributed by atoms with van der Waals surface area (Å²) in [6.45, 7) is 8.62. The molecule has 0 aliphatic heterocycles. The summed E-state index contributed by atoms with van der Waals surface area (Å²) in [5.41, 5.74) is 14.2. The van der Waals surface area contributed by atoms with Crippen LogP contribution in [0.1, 0.15) is 39.4 Å². The fourth-order valence-electron chi connectivity index (χ4n) is 2.82. The molecule has 0 aliphatic carbocycles. The van der Waals surface area contributed by atoms with Crippen LogP contribution in [0.15, 0.2) is 30.3 Å². The summed E-state index contributed by atoms with van der Waals surface area (Å²) in [5.74, 6) is 0. The van der Waals surface area contributed by atoms with Crippen molar-refractivity contribution in [2.75, 3.05) is 0 Å². The Morgan fingerprint density at radius 1 is 1.00 bits per heavy atom. The van der Waals surface area contributed by atoms with E-state index in [2.05, 4.69) is 39.8 Å². The number of benzene rings is 2. The third-order valence-electron chi connectivity index (χ3n) is 4.14. The second-order valence-electron chi connectivity index (χ2n) is 5.61. The molecule has 0 heterocycles. The molecule has 0 aromatic heterocycles. The number of rotatable bonds is 3. The van der Waals surface area contributed by atoms with Crippen LogP contribution >= 0.6 is 11.6 Å². The van der Waals surface area contributed by atoms with Crippen LogP contribution in [0.5, 0.6) is 0 Å². The summed E-state index contributed by atoms with van der Waals surface area (Å²) in [5, 5.41) is 0.767.